The number of aromatic nitrogens is 1. The Hall–Kier alpha value is -3.63. The highest BCUT2D eigenvalue weighted by Crippen LogP contribution is 2.35. The number of nitrogens with zero attached hydrogens (tertiary/aromatic N) is 1. The molecule has 10 heteroatoms. The highest BCUT2D eigenvalue weighted by Gasteiger charge is 2.22. The van der Waals surface area contributed by atoms with Crippen LogP contribution >= 0.6 is 0 Å². The van der Waals surface area contributed by atoms with Crippen molar-refractivity contribution in [2.45, 2.75) is 42.0 Å². The Morgan fingerprint density at radius 3 is 2.14 bits per heavy atom. The van der Waals surface area contributed by atoms with Crippen molar-refractivity contribution < 1.29 is 33.0 Å². The standard InChI is InChI=1S/C24H28N2O3S.C2H2O4/c1-18(26-15-7-4-8-16-26)22-12-13-23(25-22)21-17-20(11-14-24(21)29-2)30(27,28)19-9-5-3-6-10-19;3-1(4)2(5)6/h3,5-6,9-14,17-18,25H,4,7-8,15-16H2,1-2H3;(H,3,4)(H,5,6). The van der Waals surface area contributed by atoms with Gasteiger partial charge in [-0.2, -0.15) is 0 Å². The van der Waals surface area contributed by atoms with Gasteiger partial charge in [0.1, 0.15) is 5.75 Å². The summed E-state index contributed by atoms with van der Waals surface area (Å²) in [5.41, 5.74) is 2.73. The number of piperidine rings is 1. The first-order valence-corrected chi connectivity index (χ1v) is 13.0. The van der Waals surface area contributed by atoms with E-state index in [1.165, 1.54) is 19.3 Å². The van der Waals surface area contributed by atoms with Gasteiger partial charge in [-0.3, -0.25) is 4.90 Å². The first-order chi connectivity index (χ1) is 17.1. The number of aromatic amines is 1. The zero-order chi connectivity index (χ0) is 26.3. The minimum atomic E-state index is -3.60. The van der Waals surface area contributed by atoms with Gasteiger partial charge in [-0.25, -0.2) is 18.0 Å². The number of aliphatic carboxylic acids is 2. The Balaban J connectivity index is 0.000000538. The summed E-state index contributed by atoms with van der Waals surface area (Å²) in [5.74, 6) is -3.01. The van der Waals surface area contributed by atoms with E-state index in [1.54, 1.807) is 49.6 Å². The predicted molar refractivity (Wildman–Crippen MR) is 134 cm³/mol. The number of ether oxygens (including phenoxy) is 1. The number of H-pyrrole nitrogens is 1. The molecule has 0 bridgehead atoms. The number of carboxylic acid groups (broad SMARTS) is 2. The van der Waals surface area contributed by atoms with Crippen LogP contribution in [0.3, 0.4) is 0 Å². The van der Waals surface area contributed by atoms with Gasteiger partial charge in [0.2, 0.25) is 9.84 Å². The van der Waals surface area contributed by atoms with Crippen LogP contribution in [0.5, 0.6) is 5.75 Å². The Kier molecular flexibility index (Phi) is 8.89. The minimum absolute atomic E-state index is 0.254. The summed E-state index contributed by atoms with van der Waals surface area (Å²) in [4.78, 5) is 24.7. The summed E-state index contributed by atoms with van der Waals surface area (Å²) < 4.78 is 31.7. The van der Waals surface area contributed by atoms with Crippen molar-refractivity contribution in [3.63, 3.8) is 0 Å². The fraction of sp³-hybridized carbons (Fsp3) is 0.308. The summed E-state index contributed by atoms with van der Waals surface area (Å²) in [6.45, 7) is 4.45. The van der Waals surface area contributed by atoms with Crippen molar-refractivity contribution in [1.29, 1.82) is 0 Å². The average Bonchev–Trinajstić information content (AvgIpc) is 3.39. The molecule has 9 nitrogen and oxygen atoms in total. The van der Waals surface area contributed by atoms with E-state index < -0.39 is 21.8 Å². The molecule has 0 aliphatic carbocycles. The molecule has 1 atom stereocenters. The molecule has 1 saturated heterocycles. The molecular weight excluding hydrogens is 484 g/mol. The number of nitrogens with one attached hydrogen (secondary N) is 1. The highest BCUT2D eigenvalue weighted by molar-refractivity contribution is 7.91. The lowest BCUT2D eigenvalue weighted by Crippen LogP contribution is -2.32. The van der Waals surface area contributed by atoms with Crippen molar-refractivity contribution in [3.8, 4) is 17.0 Å². The third-order valence-corrected chi connectivity index (χ3v) is 7.87. The second kappa shape index (κ2) is 11.9. The first-order valence-electron chi connectivity index (χ1n) is 11.5. The van der Waals surface area contributed by atoms with Crippen LogP contribution in [0, 0.1) is 0 Å². The van der Waals surface area contributed by atoms with Crippen LogP contribution in [0.1, 0.15) is 37.9 Å². The number of carbonyl (C=O) groups is 2. The van der Waals surface area contributed by atoms with Crippen LogP contribution in [0.4, 0.5) is 0 Å². The van der Waals surface area contributed by atoms with Gasteiger partial charge in [0.05, 0.1) is 16.9 Å². The number of rotatable bonds is 6. The second-order valence-electron chi connectivity index (χ2n) is 8.39. The molecule has 1 fully saturated rings. The van der Waals surface area contributed by atoms with Crippen LogP contribution in [-0.2, 0) is 19.4 Å². The van der Waals surface area contributed by atoms with Crippen molar-refractivity contribution in [2.24, 2.45) is 0 Å². The average molecular weight is 515 g/mol. The summed E-state index contributed by atoms with van der Waals surface area (Å²) >= 11 is 0. The fourth-order valence-electron chi connectivity index (χ4n) is 4.12. The molecule has 0 radical (unpaired) electrons. The monoisotopic (exact) mass is 514 g/mol. The largest absolute Gasteiger partial charge is 0.496 e. The number of methoxy groups -OCH3 is 1. The molecule has 3 N–H and O–H groups in total. The molecule has 192 valence electrons. The Morgan fingerprint density at radius 2 is 1.56 bits per heavy atom. The molecule has 0 saturated carbocycles. The van der Waals surface area contributed by atoms with Gasteiger partial charge in [0.15, 0.2) is 0 Å². The van der Waals surface area contributed by atoms with Gasteiger partial charge in [-0.1, -0.05) is 24.6 Å². The van der Waals surface area contributed by atoms with Crippen LogP contribution < -0.4 is 4.74 Å². The van der Waals surface area contributed by atoms with Crippen LogP contribution in [0.15, 0.2) is 70.5 Å². The summed E-state index contributed by atoms with van der Waals surface area (Å²) in [6.07, 6.45) is 3.79. The zero-order valence-corrected chi connectivity index (χ0v) is 21.0. The second-order valence-corrected chi connectivity index (χ2v) is 10.3. The van der Waals surface area contributed by atoms with Crippen molar-refractivity contribution in [1.82, 2.24) is 9.88 Å². The summed E-state index contributed by atoms with van der Waals surface area (Å²) in [7, 11) is -2.00. The normalized spacial score (nSPS) is 14.8. The molecule has 1 aliphatic heterocycles. The van der Waals surface area contributed by atoms with E-state index in [0.717, 1.165) is 30.0 Å². The van der Waals surface area contributed by atoms with Crippen molar-refractivity contribution in [2.75, 3.05) is 20.2 Å². The molecule has 4 rings (SSSR count). The van der Waals surface area contributed by atoms with E-state index in [-0.39, 0.29) is 9.79 Å². The lowest BCUT2D eigenvalue weighted by molar-refractivity contribution is -0.159. The van der Waals surface area contributed by atoms with Crippen LogP contribution in [0.2, 0.25) is 0 Å². The molecule has 0 spiro atoms. The third-order valence-electron chi connectivity index (χ3n) is 6.10. The first kappa shape index (κ1) is 27.0. The number of hydrogen-bond acceptors (Lipinski definition) is 6. The van der Waals surface area contributed by atoms with E-state index in [2.05, 4.69) is 22.9 Å². The Labute approximate surface area is 210 Å². The van der Waals surface area contributed by atoms with Crippen LogP contribution in [-0.4, -0.2) is 60.7 Å². The summed E-state index contributed by atoms with van der Waals surface area (Å²) in [6, 6.07) is 17.9. The van der Waals surface area contributed by atoms with Gasteiger partial charge in [-0.15, -0.1) is 0 Å². The summed E-state index contributed by atoms with van der Waals surface area (Å²) in [5, 5.41) is 14.8. The molecule has 1 aromatic heterocycles. The van der Waals surface area contributed by atoms with E-state index in [1.807, 2.05) is 12.1 Å². The number of hydrogen-bond donors (Lipinski definition) is 3. The lowest BCUT2D eigenvalue weighted by Gasteiger charge is -2.31. The Morgan fingerprint density at radius 1 is 0.917 bits per heavy atom. The lowest BCUT2D eigenvalue weighted by atomic mass is 10.1. The molecule has 1 unspecified atom stereocenters. The number of benzene rings is 2. The van der Waals surface area contributed by atoms with Crippen LogP contribution in [0.25, 0.3) is 11.3 Å². The molecule has 3 aromatic rings. The quantitative estimate of drug-likeness (QED) is 0.416. The molecule has 36 heavy (non-hydrogen) atoms. The van der Waals surface area contributed by atoms with E-state index in [0.29, 0.717) is 11.8 Å². The van der Waals surface area contributed by atoms with Gasteiger partial charge in [0.25, 0.3) is 0 Å². The number of sulfone groups is 1. The van der Waals surface area contributed by atoms with Gasteiger partial charge in [0, 0.05) is 23.0 Å². The van der Waals surface area contributed by atoms with Crippen molar-refractivity contribution >= 4 is 21.8 Å². The Bertz CT molecular complexity index is 1280. The molecule has 0 amide bonds. The fourth-order valence-corrected chi connectivity index (χ4v) is 5.42. The minimum Gasteiger partial charge on any atom is -0.496 e. The van der Waals surface area contributed by atoms with Gasteiger partial charge >= 0.3 is 11.9 Å². The SMILES string of the molecule is COc1ccc(S(=O)(=O)c2ccccc2)cc1-c1ccc(C(C)N2CCCCC2)[nH]1.O=C(O)C(=O)O. The smallest absolute Gasteiger partial charge is 0.414 e. The number of carboxylic acids is 2. The van der Waals surface area contributed by atoms with E-state index >= 15 is 0 Å². The molecule has 1 aliphatic rings. The third kappa shape index (κ3) is 6.32. The van der Waals surface area contributed by atoms with Gasteiger partial charge < -0.3 is 19.9 Å². The topological polar surface area (TPSA) is 137 Å². The van der Waals surface area contributed by atoms with E-state index in [4.69, 9.17) is 24.5 Å². The molecule has 2 aromatic carbocycles. The molecule has 2 heterocycles. The van der Waals surface area contributed by atoms with Crippen molar-refractivity contribution in [3.05, 3.63) is 66.4 Å². The van der Waals surface area contributed by atoms with E-state index in [9.17, 15) is 8.42 Å². The maximum absolute atomic E-state index is 13.1. The highest BCUT2D eigenvalue weighted by atomic mass is 32.2. The maximum Gasteiger partial charge on any atom is 0.414 e. The maximum atomic E-state index is 13.1. The zero-order valence-electron chi connectivity index (χ0n) is 20.2. The molecular formula is C26H30N2O7S. The van der Waals surface area contributed by atoms with Gasteiger partial charge in [-0.05, 0) is 75.3 Å². The number of likely N-dealkylation sites (tertiary alicyclic amines) is 1. The predicted octanol–water partition coefficient (Wildman–Crippen LogP) is 4.23.